The molecule has 1 atom stereocenters. The van der Waals surface area contributed by atoms with Crippen LogP contribution in [0.5, 0.6) is 0 Å². The lowest BCUT2D eigenvalue weighted by atomic mass is 10.0. The largest absolute Gasteiger partial charge is 0.396 e. The second kappa shape index (κ2) is 7.63. The summed E-state index contributed by atoms with van der Waals surface area (Å²) in [6.07, 6.45) is 2.08. The van der Waals surface area contributed by atoms with E-state index in [-0.39, 0.29) is 25.7 Å². The number of nitroso groups, excluding NO2 is 1. The molecular formula is C7H15NO3. The summed E-state index contributed by atoms with van der Waals surface area (Å²) in [5.74, 6) is 0.125. The highest BCUT2D eigenvalue weighted by atomic mass is 16.3. The molecule has 66 valence electrons. The van der Waals surface area contributed by atoms with Crippen LogP contribution in [-0.2, 0) is 0 Å². The molecule has 0 saturated heterocycles. The van der Waals surface area contributed by atoms with Gasteiger partial charge in [0.25, 0.3) is 0 Å². The maximum absolute atomic E-state index is 9.72. The first-order valence-electron chi connectivity index (χ1n) is 3.86. The van der Waals surface area contributed by atoms with Crippen molar-refractivity contribution in [2.45, 2.75) is 19.3 Å². The third-order valence-corrected chi connectivity index (χ3v) is 1.66. The number of aliphatic hydroxyl groups is 2. The zero-order valence-corrected chi connectivity index (χ0v) is 6.57. The van der Waals surface area contributed by atoms with Gasteiger partial charge in [0.1, 0.15) is 0 Å². The molecule has 0 spiro atoms. The molecule has 0 aromatic carbocycles. The molecule has 0 aliphatic rings. The molecule has 2 N–H and O–H groups in total. The lowest BCUT2D eigenvalue weighted by Gasteiger charge is -2.09. The van der Waals surface area contributed by atoms with E-state index in [2.05, 4.69) is 5.18 Å². The van der Waals surface area contributed by atoms with Crippen LogP contribution in [0, 0.1) is 10.8 Å². The van der Waals surface area contributed by atoms with Gasteiger partial charge in [0.15, 0.2) is 0 Å². The van der Waals surface area contributed by atoms with Crippen LogP contribution in [0.2, 0.25) is 0 Å². The topological polar surface area (TPSA) is 69.9 Å². The molecule has 0 rings (SSSR count). The quantitative estimate of drug-likeness (QED) is 0.535. The number of nitrogens with zero attached hydrogens (tertiary/aromatic N) is 1. The summed E-state index contributed by atoms with van der Waals surface area (Å²) in [4.78, 5) is 9.72. The zero-order chi connectivity index (χ0) is 8.53. The Kier molecular flexibility index (Phi) is 7.29. The molecule has 0 amide bonds. The van der Waals surface area contributed by atoms with E-state index in [1.807, 2.05) is 0 Å². The van der Waals surface area contributed by atoms with Crippen molar-refractivity contribution in [3.05, 3.63) is 4.91 Å². The van der Waals surface area contributed by atoms with Crippen molar-refractivity contribution in [2.24, 2.45) is 11.1 Å². The van der Waals surface area contributed by atoms with E-state index in [0.717, 1.165) is 6.42 Å². The molecule has 0 heterocycles. The van der Waals surface area contributed by atoms with E-state index in [0.29, 0.717) is 12.8 Å². The molecule has 0 aromatic rings. The molecule has 0 radical (unpaired) electrons. The fourth-order valence-corrected chi connectivity index (χ4v) is 0.942. The summed E-state index contributed by atoms with van der Waals surface area (Å²) in [5.41, 5.74) is 0. The maximum atomic E-state index is 9.72. The van der Waals surface area contributed by atoms with Gasteiger partial charge in [-0.25, -0.2) is 0 Å². The van der Waals surface area contributed by atoms with Crippen LogP contribution in [0.3, 0.4) is 0 Å². The number of hydrogen-bond donors (Lipinski definition) is 2. The van der Waals surface area contributed by atoms with Gasteiger partial charge in [0, 0.05) is 13.2 Å². The van der Waals surface area contributed by atoms with Crippen LogP contribution in [0.1, 0.15) is 19.3 Å². The van der Waals surface area contributed by atoms with Gasteiger partial charge in [0.05, 0.1) is 6.54 Å². The van der Waals surface area contributed by atoms with Crippen molar-refractivity contribution >= 4 is 0 Å². The van der Waals surface area contributed by atoms with Gasteiger partial charge < -0.3 is 10.2 Å². The van der Waals surface area contributed by atoms with E-state index in [1.54, 1.807) is 0 Å². The Bertz CT molecular complexity index is 97.7. The molecule has 0 aromatic heterocycles. The Labute approximate surface area is 66.2 Å². The SMILES string of the molecule is O=NCCC(CO)CCCO. The standard InChI is InChI=1S/C7H15NO3/c9-5-1-2-7(6-10)3-4-8-11/h7,9-10H,1-6H2. The monoisotopic (exact) mass is 161 g/mol. The zero-order valence-electron chi connectivity index (χ0n) is 6.57. The minimum atomic E-state index is 0.0789. The van der Waals surface area contributed by atoms with E-state index >= 15 is 0 Å². The second-order valence-electron chi connectivity index (χ2n) is 2.56. The molecule has 0 fully saturated rings. The van der Waals surface area contributed by atoms with Crippen LogP contribution in [0.15, 0.2) is 5.18 Å². The average molecular weight is 161 g/mol. The van der Waals surface area contributed by atoms with Crippen molar-refractivity contribution < 1.29 is 10.2 Å². The van der Waals surface area contributed by atoms with Gasteiger partial charge >= 0.3 is 0 Å². The Morgan fingerprint density at radius 1 is 1.27 bits per heavy atom. The first-order valence-corrected chi connectivity index (χ1v) is 3.86. The Hall–Kier alpha value is -0.480. The summed E-state index contributed by atoms with van der Waals surface area (Å²) in [6.45, 7) is 0.483. The number of hydrogen-bond acceptors (Lipinski definition) is 4. The Morgan fingerprint density at radius 3 is 2.45 bits per heavy atom. The van der Waals surface area contributed by atoms with E-state index in [4.69, 9.17) is 10.2 Å². The molecular weight excluding hydrogens is 146 g/mol. The molecule has 4 heteroatoms. The fourth-order valence-electron chi connectivity index (χ4n) is 0.942. The highest BCUT2D eigenvalue weighted by Gasteiger charge is 2.05. The summed E-state index contributed by atoms with van der Waals surface area (Å²) >= 11 is 0. The van der Waals surface area contributed by atoms with Gasteiger partial charge in [-0.15, -0.1) is 0 Å². The average Bonchev–Trinajstić information content (AvgIpc) is 2.05. The normalized spacial score (nSPS) is 12.9. The molecule has 1 unspecified atom stereocenters. The Balaban J connectivity index is 3.32. The number of aliphatic hydroxyl groups excluding tert-OH is 2. The van der Waals surface area contributed by atoms with Gasteiger partial charge in [-0.1, -0.05) is 5.18 Å². The lowest BCUT2D eigenvalue weighted by molar-refractivity contribution is 0.196. The van der Waals surface area contributed by atoms with Crippen LogP contribution in [-0.4, -0.2) is 30.0 Å². The molecule has 0 bridgehead atoms. The minimum Gasteiger partial charge on any atom is -0.396 e. The van der Waals surface area contributed by atoms with Gasteiger partial charge in [-0.2, -0.15) is 4.91 Å². The van der Waals surface area contributed by atoms with Crippen molar-refractivity contribution in [3.63, 3.8) is 0 Å². The van der Waals surface area contributed by atoms with Crippen LogP contribution in [0.4, 0.5) is 0 Å². The van der Waals surface area contributed by atoms with Crippen LogP contribution < -0.4 is 0 Å². The summed E-state index contributed by atoms with van der Waals surface area (Å²) < 4.78 is 0. The van der Waals surface area contributed by atoms with Crippen LogP contribution in [0.25, 0.3) is 0 Å². The van der Waals surface area contributed by atoms with Gasteiger partial charge in [-0.3, -0.25) is 0 Å². The first-order chi connectivity index (χ1) is 5.35. The molecule has 0 aliphatic carbocycles. The molecule has 11 heavy (non-hydrogen) atoms. The van der Waals surface area contributed by atoms with E-state index < -0.39 is 0 Å². The fraction of sp³-hybridized carbons (Fsp3) is 1.00. The lowest BCUT2D eigenvalue weighted by Crippen LogP contribution is -2.08. The molecule has 0 aliphatic heterocycles. The molecule has 0 saturated carbocycles. The summed E-state index contributed by atoms with van der Waals surface area (Å²) in [6, 6.07) is 0. The molecule has 4 nitrogen and oxygen atoms in total. The second-order valence-corrected chi connectivity index (χ2v) is 2.56. The van der Waals surface area contributed by atoms with Crippen molar-refractivity contribution in [3.8, 4) is 0 Å². The van der Waals surface area contributed by atoms with Crippen molar-refractivity contribution in [1.29, 1.82) is 0 Å². The van der Waals surface area contributed by atoms with Gasteiger partial charge in [0.2, 0.25) is 0 Å². The summed E-state index contributed by atoms with van der Waals surface area (Å²) in [7, 11) is 0. The smallest absolute Gasteiger partial charge is 0.0814 e. The van der Waals surface area contributed by atoms with E-state index in [1.165, 1.54) is 0 Å². The third-order valence-electron chi connectivity index (χ3n) is 1.66. The highest BCUT2D eigenvalue weighted by molar-refractivity contribution is 4.59. The summed E-state index contributed by atoms with van der Waals surface area (Å²) in [5, 5.41) is 19.9. The maximum Gasteiger partial charge on any atom is 0.0814 e. The van der Waals surface area contributed by atoms with Crippen molar-refractivity contribution in [2.75, 3.05) is 19.8 Å². The third kappa shape index (κ3) is 5.94. The number of rotatable bonds is 7. The first kappa shape index (κ1) is 10.5. The van der Waals surface area contributed by atoms with Gasteiger partial charge in [-0.05, 0) is 25.2 Å². The van der Waals surface area contributed by atoms with Crippen LogP contribution >= 0.6 is 0 Å². The van der Waals surface area contributed by atoms with E-state index in [9.17, 15) is 4.91 Å². The van der Waals surface area contributed by atoms with Crippen molar-refractivity contribution in [1.82, 2.24) is 0 Å². The Morgan fingerprint density at radius 2 is 2.00 bits per heavy atom. The minimum absolute atomic E-state index is 0.0789. The highest BCUT2D eigenvalue weighted by Crippen LogP contribution is 2.09. The predicted octanol–water partition coefficient (Wildman–Crippen LogP) is 0.524. The predicted molar refractivity (Wildman–Crippen MR) is 42.2 cm³/mol.